The summed E-state index contributed by atoms with van der Waals surface area (Å²) in [5.41, 5.74) is 9.59. The summed E-state index contributed by atoms with van der Waals surface area (Å²) in [6.45, 7) is 3.79. The summed E-state index contributed by atoms with van der Waals surface area (Å²) in [4.78, 5) is 29.9. The van der Waals surface area contributed by atoms with E-state index in [0.717, 1.165) is 49.3 Å². The Morgan fingerprint density at radius 1 is 1.07 bits per heavy atom. The molecule has 0 saturated carbocycles. The number of H-pyrrole nitrogens is 1. The number of nitrogen functional groups attached to an aromatic ring is 1. The fourth-order valence-electron chi connectivity index (χ4n) is 5.69. The normalized spacial score (nSPS) is 15.5. The van der Waals surface area contributed by atoms with Gasteiger partial charge < -0.3 is 20.3 Å². The minimum Gasteiger partial charge on any atom is -0.406 e. The topological polar surface area (TPSA) is 122 Å². The molecule has 0 atom stereocenters. The number of hydrogen-bond acceptors (Lipinski definition) is 7. The van der Waals surface area contributed by atoms with Gasteiger partial charge in [0.15, 0.2) is 5.82 Å². The molecular formula is C28H28F3N7O3. The number of nitrogens with two attached hydrogens (primary N) is 1. The van der Waals surface area contributed by atoms with Gasteiger partial charge in [0.05, 0.1) is 18.4 Å². The Bertz CT molecular complexity index is 1670. The number of ether oxygens (including phenoxy) is 1. The van der Waals surface area contributed by atoms with Crippen LogP contribution in [0.25, 0.3) is 22.2 Å². The van der Waals surface area contributed by atoms with Crippen molar-refractivity contribution < 1.29 is 22.7 Å². The largest absolute Gasteiger partial charge is 0.573 e. The van der Waals surface area contributed by atoms with E-state index < -0.39 is 6.36 Å². The van der Waals surface area contributed by atoms with Gasteiger partial charge in [0.25, 0.3) is 5.56 Å². The number of halogens is 3. The highest BCUT2D eigenvalue weighted by molar-refractivity contribution is 6.01. The second kappa shape index (κ2) is 10.5. The van der Waals surface area contributed by atoms with E-state index in [2.05, 4.69) is 19.8 Å². The van der Waals surface area contributed by atoms with Crippen molar-refractivity contribution in [1.82, 2.24) is 24.9 Å². The molecule has 1 saturated heterocycles. The minimum absolute atomic E-state index is 0.0761. The maximum atomic E-state index is 13.2. The van der Waals surface area contributed by atoms with E-state index in [1.165, 1.54) is 18.2 Å². The molecule has 0 aliphatic carbocycles. The van der Waals surface area contributed by atoms with Crippen LogP contribution >= 0.6 is 0 Å². The summed E-state index contributed by atoms with van der Waals surface area (Å²) < 4.78 is 43.5. The lowest BCUT2D eigenvalue weighted by molar-refractivity contribution is -0.274. The molecule has 41 heavy (non-hydrogen) atoms. The molecule has 1 fully saturated rings. The van der Waals surface area contributed by atoms with E-state index >= 15 is 0 Å². The zero-order valence-corrected chi connectivity index (χ0v) is 22.1. The molecule has 0 radical (unpaired) electrons. The van der Waals surface area contributed by atoms with E-state index in [4.69, 9.17) is 10.8 Å². The van der Waals surface area contributed by atoms with E-state index in [-0.39, 0.29) is 29.5 Å². The fourth-order valence-corrected chi connectivity index (χ4v) is 5.69. The lowest BCUT2D eigenvalue weighted by atomic mass is 10.0. The van der Waals surface area contributed by atoms with Crippen molar-refractivity contribution in [3.05, 3.63) is 63.9 Å². The van der Waals surface area contributed by atoms with Crippen LogP contribution in [-0.2, 0) is 24.2 Å². The van der Waals surface area contributed by atoms with Crippen LogP contribution in [0.3, 0.4) is 0 Å². The van der Waals surface area contributed by atoms with Crippen LogP contribution in [0.4, 0.5) is 24.7 Å². The molecule has 4 aromatic rings. The number of hydrogen-bond donors (Lipinski definition) is 2. The van der Waals surface area contributed by atoms with Crippen LogP contribution in [0.15, 0.2) is 47.3 Å². The van der Waals surface area contributed by atoms with Gasteiger partial charge in [-0.25, -0.2) is 5.10 Å². The predicted molar refractivity (Wildman–Crippen MR) is 147 cm³/mol. The Labute approximate surface area is 232 Å². The summed E-state index contributed by atoms with van der Waals surface area (Å²) >= 11 is 0. The maximum absolute atomic E-state index is 13.2. The first-order valence-corrected chi connectivity index (χ1v) is 13.4. The number of anilines is 2. The zero-order valence-electron chi connectivity index (χ0n) is 22.1. The van der Waals surface area contributed by atoms with Crippen LogP contribution < -0.4 is 20.9 Å². The van der Waals surface area contributed by atoms with Crippen LogP contribution in [0.1, 0.15) is 24.0 Å². The smallest absolute Gasteiger partial charge is 0.406 e. The van der Waals surface area contributed by atoms with Crippen molar-refractivity contribution >= 4 is 28.3 Å². The van der Waals surface area contributed by atoms with Gasteiger partial charge in [0, 0.05) is 24.3 Å². The maximum Gasteiger partial charge on any atom is 0.573 e. The van der Waals surface area contributed by atoms with Gasteiger partial charge in [-0.3, -0.25) is 14.3 Å². The van der Waals surface area contributed by atoms with Gasteiger partial charge in [-0.05, 0) is 67.7 Å². The van der Waals surface area contributed by atoms with Gasteiger partial charge in [-0.1, -0.05) is 18.2 Å². The van der Waals surface area contributed by atoms with Gasteiger partial charge in [-0.2, -0.15) is 10.2 Å². The molecule has 0 unspecified atom stereocenters. The Morgan fingerprint density at radius 2 is 1.88 bits per heavy atom. The molecule has 2 aromatic carbocycles. The number of carbonyl (C=O) groups excluding carboxylic acids is 1. The molecule has 214 valence electrons. The van der Waals surface area contributed by atoms with Crippen LogP contribution in [-0.4, -0.2) is 63.3 Å². The molecule has 2 aliphatic heterocycles. The average molecular weight is 568 g/mol. The van der Waals surface area contributed by atoms with Gasteiger partial charge in [0.1, 0.15) is 17.0 Å². The highest BCUT2D eigenvalue weighted by atomic mass is 19.4. The number of aromatic amines is 1. The second-order valence-electron chi connectivity index (χ2n) is 10.3. The number of alkyl halides is 3. The molecule has 4 heterocycles. The summed E-state index contributed by atoms with van der Waals surface area (Å²) in [5.74, 6) is -0.428. The molecule has 13 heteroatoms. The molecule has 2 aromatic heterocycles. The monoisotopic (exact) mass is 567 g/mol. The molecule has 3 N–H and O–H groups in total. The quantitative estimate of drug-likeness (QED) is 0.351. The first-order chi connectivity index (χ1) is 19.7. The third-order valence-electron chi connectivity index (χ3n) is 7.57. The Hall–Kier alpha value is -4.39. The number of benzene rings is 2. The van der Waals surface area contributed by atoms with Gasteiger partial charge in [-0.15, -0.1) is 13.2 Å². The van der Waals surface area contributed by atoms with E-state index in [9.17, 15) is 22.8 Å². The van der Waals surface area contributed by atoms with Crippen LogP contribution in [0.5, 0.6) is 5.75 Å². The van der Waals surface area contributed by atoms with Crippen molar-refractivity contribution in [3.63, 3.8) is 0 Å². The van der Waals surface area contributed by atoms with Gasteiger partial charge >= 0.3 is 6.36 Å². The number of likely N-dealkylation sites (tertiary alicyclic amines) is 1. The Morgan fingerprint density at radius 3 is 2.66 bits per heavy atom. The number of nitrogens with zero attached hydrogens (tertiary/aromatic N) is 5. The van der Waals surface area contributed by atoms with Crippen molar-refractivity contribution in [2.75, 3.05) is 36.8 Å². The van der Waals surface area contributed by atoms with Crippen molar-refractivity contribution in [2.24, 2.45) is 0 Å². The predicted octanol–water partition coefficient (Wildman–Crippen LogP) is 3.50. The third kappa shape index (κ3) is 5.49. The SMILES string of the molecule is Nc1n[nH]c(=O)c2c1c(-c1ccc3c(c1)CCN3C(=O)Cc1cccc(OC(F)(F)F)c1)nn2CCN1CCCC1. The standard InChI is InChI=1S/C28H28F3N7O3/c29-28(30,31)41-20-5-3-4-17(14-20)15-22(39)37-11-8-18-16-19(6-7-21(18)37)24-23-25(27(40)34-33-26(23)32)38(35-24)13-12-36-9-1-2-10-36/h3-7,14,16H,1-2,8-13,15H2,(H2,32,33)(H,34,40). The van der Waals surface area contributed by atoms with Crippen LogP contribution in [0.2, 0.25) is 0 Å². The number of nitrogens with one attached hydrogen (secondary N) is 1. The zero-order chi connectivity index (χ0) is 28.7. The lowest BCUT2D eigenvalue weighted by Gasteiger charge is -2.18. The van der Waals surface area contributed by atoms with E-state index in [0.29, 0.717) is 41.7 Å². The number of fused-ring (bicyclic) bond motifs is 2. The van der Waals surface area contributed by atoms with Crippen molar-refractivity contribution in [1.29, 1.82) is 0 Å². The first-order valence-electron chi connectivity index (χ1n) is 13.4. The number of amides is 1. The minimum atomic E-state index is -4.81. The highest BCUT2D eigenvalue weighted by Gasteiger charge is 2.31. The Balaban J connectivity index is 1.26. The van der Waals surface area contributed by atoms with E-state index in [1.807, 2.05) is 18.2 Å². The molecular weight excluding hydrogens is 539 g/mol. The summed E-state index contributed by atoms with van der Waals surface area (Å²) in [7, 11) is 0. The number of carbonyl (C=O) groups is 1. The molecule has 0 spiro atoms. The van der Waals surface area contributed by atoms with Gasteiger partial charge in [0.2, 0.25) is 5.91 Å². The summed E-state index contributed by atoms with van der Waals surface area (Å²) in [6, 6.07) is 11.0. The average Bonchev–Trinajstić information content (AvgIpc) is 3.67. The Kier molecular flexibility index (Phi) is 6.89. The number of aromatic nitrogens is 4. The van der Waals surface area contributed by atoms with Crippen LogP contribution in [0, 0.1) is 0 Å². The summed E-state index contributed by atoms with van der Waals surface area (Å²) in [5, 5.41) is 11.7. The van der Waals surface area contributed by atoms with Crippen molar-refractivity contribution in [3.8, 4) is 17.0 Å². The molecule has 10 nitrogen and oxygen atoms in total. The third-order valence-corrected chi connectivity index (χ3v) is 7.57. The molecule has 0 bridgehead atoms. The summed E-state index contributed by atoms with van der Waals surface area (Å²) in [6.07, 6.45) is -1.97. The molecule has 2 aliphatic rings. The first kappa shape index (κ1) is 26.8. The molecule has 6 rings (SSSR count). The second-order valence-corrected chi connectivity index (χ2v) is 10.3. The molecule has 1 amide bonds. The highest BCUT2D eigenvalue weighted by Crippen LogP contribution is 2.36. The van der Waals surface area contributed by atoms with Crippen molar-refractivity contribution in [2.45, 2.75) is 38.6 Å². The lowest BCUT2D eigenvalue weighted by Crippen LogP contribution is -2.30. The fraction of sp³-hybridized carbons (Fsp3) is 0.357. The number of rotatable bonds is 7. The van der Waals surface area contributed by atoms with E-state index in [1.54, 1.807) is 15.6 Å².